The summed E-state index contributed by atoms with van der Waals surface area (Å²) in [5, 5.41) is 3.04. The third kappa shape index (κ3) is 3.53. The summed E-state index contributed by atoms with van der Waals surface area (Å²) in [6.45, 7) is 3.01. The summed E-state index contributed by atoms with van der Waals surface area (Å²) in [7, 11) is -4.32. The zero-order chi connectivity index (χ0) is 20.9. The van der Waals surface area contributed by atoms with E-state index in [4.69, 9.17) is 11.6 Å². The van der Waals surface area contributed by atoms with Crippen LogP contribution >= 0.6 is 11.6 Å². The van der Waals surface area contributed by atoms with E-state index >= 15 is 0 Å². The van der Waals surface area contributed by atoms with E-state index in [0.717, 1.165) is 23.4 Å². The van der Waals surface area contributed by atoms with Gasteiger partial charge in [0.25, 0.3) is 10.0 Å². The Balaban J connectivity index is 1.80. The molecular formula is C19H18ClF2N3O3S. The van der Waals surface area contributed by atoms with Crippen molar-refractivity contribution in [3.63, 3.8) is 0 Å². The molecule has 2 N–H and O–H groups in total. The van der Waals surface area contributed by atoms with Gasteiger partial charge in [-0.25, -0.2) is 17.2 Å². The molecule has 154 valence electrons. The number of amides is 1. The number of sulfonamides is 1. The van der Waals surface area contributed by atoms with Crippen LogP contribution < -0.4 is 14.9 Å². The Bertz CT molecular complexity index is 1100. The first-order valence-corrected chi connectivity index (χ1v) is 10.9. The van der Waals surface area contributed by atoms with Gasteiger partial charge in [-0.1, -0.05) is 18.5 Å². The molecule has 0 spiro atoms. The minimum absolute atomic E-state index is 0.0145. The number of carbonyl (C=O) groups is 1. The van der Waals surface area contributed by atoms with E-state index in [0.29, 0.717) is 31.6 Å². The lowest BCUT2D eigenvalue weighted by atomic mass is 10.0. The Labute approximate surface area is 171 Å². The van der Waals surface area contributed by atoms with Gasteiger partial charge in [-0.15, -0.1) is 0 Å². The molecule has 1 atom stereocenters. The van der Waals surface area contributed by atoms with Crippen LogP contribution in [0.25, 0.3) is 0 Å². The van der Waals surface area contributed by atoms with Gasteiger partial charge in [0.1, 0.15) is 5.69 Å². The fraction of sp³-hybridized carbons (Fsp3) is 0.316. The van der Waals surface area contributed by atoms with E-state index in [1.165, 1.54) is 12.1 Å². The van der Waals surface area contributed by atoms with Crippen molar-refractivity contribution in [1.29, 1.82) is 0 Å². The molecule has 0 radical (unpaired) electrons. The molecular weight excluding hydrogens is 424 g/mol. The van der Waals surface area contributed by atoms with Crippen LogP contribution in [0.3, 0.4) is 0 Å². The molecule has 0 bridgehead atoms. The molecule has 1 amide bonds. The molecule has 10 heteroatoms. The molecule has 4 rings (SSSR count). The number of rotatable bonds is 4. The maximum Gasteiger partial charge on any atom is 0.262 e. The van der Waals surface area contributed by atoms with E-state index in [-0.39, 0.29) is 21.7 Å². The maximum absolute atomic E-state index is 14.1. The van der Waals surface area contributed by atoms with Gasteiger partial charge < -0.3 is 10.2 Å². The van der Waals surface area contributed by atoms with Crippen LogP contribution in [0.4, 0.5) is 25.8 Å². The highest BCUT2D eigenvalue weighted by Gasteiger charge is 2.32. The molecule has 2 aliphatic rings. The minimum Gasteiger partial charge on any atom is -0.383 e. The summed E-state index contributed by atoms with van der Waals surface area (Å²) in [5.41, 5.74) is 1.11. The molecule has 1 fully saturated rings. The number of benzene rings is 2. The van der Waals surface area contributed by atoms with Gasteiger partial charge in [0, 0.05) is 30.5 Å². The molecule has 0 saturated carbocycles. The Morgan fingerprint density at radius 3 is 2.52 bits per heavy atom. The van der Waals surface area contributed by atoms with Crippen LogP contribution in [0.15, 0.2) is 29.2 Å². The Morgan fingerprint density at radius 2 is 1.90 bits per heavy atom. The highest BCUT2D eigenvalue weighted by molar-refractivity contribution is 7.92. The van der Waals surface area contributed by atoms with Gasteiger partial charge in [-0.3, -0.25) is 9.52 Å². The number of hydrogen-bond donors (Lipinski definition) is 2. The van der Waals surface area contributed by atoms with Crippen LogP contribution in [0.5, 0.6) is 0 Å². The zero-order valence-corrected chi connectivity index (χ0v) is 17.0. The molecule has 2 aromatic rings. The third-order valence-corrected chi connectivity index (χ3v) is 6.70. The summed E-state index contributed by atoms with van der Waals surface area (Å²) in [6.07, 6.45) is 1.07. The normalized spacial score (nSPS) is 18.7. The largest absolute Gasteiger partial charge is 0.383 e. The quantitative estimate of drug-likeness (QED) is 0.749. The Morgan fingerprint density at radius 1 is 1.21 bits per heavy atom. The standard InChI is InChI=1S/C19H18ClF2N3O3S/c1-10-9-23-18-13(10)7-12(8-16(18)25-4-2-3-17(25)26)29(27,28)24-19-14(21)5-11(20)6-15(19)22/h5-8,10,23-24H,2-4,9H2,1H3/t10-/m1/s1. The van der Waals surface area contributed by atoms with Crippen molar-refractivity contribution < 1.29 is 22.0 Å². The van der Waals surface area contributed by atoms with Crippen LogP contribution in [0, 0.1) is 11.6 Å². The van der Waals surface area contributed by atoms with Crippen molar-refractivity contribution in [2.75, 3.05) is 28.0 Å². The van der Waals surface area contributed by atoms with Crippen LogP contribution in [-0.4, -0.2) is 27.4 Å². The number of nitrogens with one attached hydrogen (secondary N) is 2. The molecule has 0 unspecified atom stereocenters. The summed E-state index contributed by atoms with van der Waals surface area (Å²) < 4.78 is 56.1. The average molecular weight is 442 g/mol. The van der Waals surface area contributed by atoms with E-state index in [9.17, 15) is 22.0 Å². The van der Waals surface area contributed by atoms with E-state index < -0.39 is 27.3 Å². The topological polar surface area (TPSA) is 78.5 Å². The van der Waals surface area contributed by atoms with Crippen LogP contribution in [0.1, 0.15) is 31.2 Å². The Hall–Kier alpha value is -2.39. The van der Waals surface area contributed by atoms with Crippen molar-refractivity contribution in [3.8, 4) is 0 Å². The summed E-state index contributed by atoms with van der Waals surface area (Å²) >= 11 is 5.60. The second kappa shape index (κ2) is 7.14. The van der Waals surface area contributed by atoms with Crippen molar-refractivity contribution in [1.82, 2.24) is 0 Å². The highest BCUT2D eigenvalue weighted by atomic mass is 35.5. The van der Waals surface area contributed by atoms with Crippen LogP contribution in [0.2, 0.25) is 5.02 Å². The van der Waals surface area contributed by atoms with E-state index in [2.05, 4.69) is 5.32 Å². The summed E-state index contributed by atoms with van der Waals surface area (Å²) in [6, 6.07) is 4.48. The lowest BCUT2D eigenvalue weighted by Gasteiger charge is -2.21. The SMILES string of the molecule is C[C@@H]1CNc2c1cc(S(=O)(=O)Nc1c(F)cc(Cl)cc1F)cc2N1CCCC1=O. The van der Waals surface area contributed by atoms with E-state index in [1.807, 2.05) is 11.6 Å². The first-order valence-electron chi connectivity index (χ1n) is 9.07. The van der Waals surface area contributed by atoms with Crippen molar-refractivity contribution in [3.05, 3.63) is 46.5 Å². The number of halogens is 3. The second-order valence-electron chi connectivity index (χ2n) is 7.19. The lowest BCUT2D eigenvalue weighted by molar-refractivity contribution is -0.117. The molecule has 0 aliphatic carbocycles. The zero-order valence-electron chi connectivity index (χ0n) is 15.4. The van der Waals surface area contributed by atoms with Gasteiger partial charge in [0.05, 0.1) is 16.3 Å². The molecule has 2 aliphatic heterocycles. The average Bonchev–Trinajstić information content (AvgIpc) is 3.23. The smallest absolute Gasteiger partial charge is 0.262 e. The Kier molecular flexibility index (Phi) is 4.90. The third-order valence-electron chi connectivity index (χ3n) is 5.16. The predicted molar refractivity (Wildman–Crippen MR) is 107 cm³/mol. The molecule has 29 heavy (non-hydrogen) atoms. The van der Waals surface area contributed by atoms with Gasteiger partial charge in [-0.05, 0) is 36.2 Å². The lowest BCUT2D eigenvalue weighted by Crippen LogP contribution is -2.25. The number of nitrogens with zero attached hydrogens (tertiary/aromatic N) is 1. The van der Waals surface area contributed by atoms with Crippen molar-refractivity contribution in [2.24, 2.45) is 0 Å². The number of anilines is 3. The number of carbonyl (C=O) groups excluding carboxylic acids is 1. The fourth-order valence-corrected chi connectivity index (χ4v) is 4.99. The van der Waals surface area contributed by atoms with Gasteiger partial charge >= 0.3 is 0 Å². The number of hydrogen-bond acceptors (Lipinski definition) is 4. The first-order chi connectivity index (χ1) is 13.7. The molecule has 0 aromatic heterocycles. The van der Waals surface area contributed by atoms with Crippen molar-refractivity contribution in [2.45, 2.75) is 30.6 Å². The minimum atomic E-state index is -4.32. The molecule has 6 nitrogen and oxygen atoms in total. The highest BCUT2D eigenvalue weighted by Crippen LogP contribution is 2.42. The second-order valence-corrected chi connectivity index (χ2v) is 9.31. The van der Waals surface area contributed by atoms with Gasteiger partial charge in [-0.2, -0.15) is 0 Å². The van der Waals surface area contributed by atoms with Crippen LogP contribution in [-0.2, 0) is 14.8 Å². The maximum atomic E-state index is 14.1. The molecule has 2 aromatic carbocycles. The molecule has 2 heterocycles. The number of fused-ring (bicyclic) bond motifs is 1. The predicted octanol–water partition coefficient (Wildman–Crippen LogP) is 4.07. The van der Waals surface area contributed by atoms with Gasteiger partial charge in [0.15, 0.2) is 11.6 Å². The summed E-state index contributed by atoms with van der Waals surface area (Å²) in [4.78, 5) is 13.6. The summed E-state index contributed by atoms with van der Waals surface area (Å²) in [5.74, 6) is -2.32. The first kappa shape index (κ1) is 19.9. The molecule has 1 saturated heterocycles. The van der Waals surface area contributed by atoms with E-state index in [1.54, 1.807) is 4.90 Å². The monoisotopic (exact) mass is 441 g/mol. The fourth-order valence-electron chi connectivity index (χ4n) is 3.67. The van der Waals surface area contributed by atoms with Crippen molar-refractivity contribution >= 4 is 44.6 Å². The van der Waals surface area contributed by atoms with Gasteiger partial charge in [0.2, 0.25) is 5.91 Å².